The highest BCUT2D eigenvalue weighted by molar-refractivity contribution is 5.75. The molecule has 0 saturated carbocycles. The molecule has 1 atom stereocenters. The highest BCUT2D eigenvalue weighted by Gasteiger charge is 2.20. The van der Waals surface area contributed by atoms with Crippen molar-refractivity contribution in [2.45, 2.75) is 45.1 Å². The topological polar surface area (TPSA) is 29.5 Å². The smallest absolute Gasteiger partial charge is 0.129 e. The number of rotatable bonds is 7. The van der Waals surface area contributed by atoms with Crippen molar-refractivity contribution in [2.75, 3.05) is 26.7 Å². The lowest BCUT2D eigenvalue weighted by Crippen LogP contribution is -2.23. The van der Waals surface area contributed by atoms with Crippen LogP contribution in [0.2, 0.25) is 0 Å². The van der Waals surface area contributed by atoms with E-state index in [4.69, 9.17) is 4.74 Å². The maximum absolute atomic E-state index is 10.7. The Kier molecular flexibility index (Phi) is 5.88. The highest BCUT2D eigenvalue weighted by Crippen LogP contribution is 2.12. The summed E-state index contributed by atoms with van der Waals surface area (Å²) in [5, 5.41) is 0. The molecule has 1 fully saturated rings. The number of carbonyl (C=O) groups excluding carboxylic acids is 1. The van der Waals surface area contributed by atoms with Gasteiger partial charge in [-0.05, 0) is 32.7 Å². The predicted octanol–water partition coefficient (Wildman–Crippen LogP) is 1.86. The minimum Gasteiger partial charge on any atom is -0.380 e. The molecule has 1 aliphatic rings. The number of Topliss-reactive ketones (excluding diaryl/α,β-unsaturated/α-hetero) is 1. The third-order valence-electron chi connectivity index (χ3n) is 3.07. The summed E-state index contributed by atoms with van der Waals surface area (Å²) in [5.74, 6) is 0.315. The Hall–Kier alpha value is -0.410. The summed E-state index contributed by atoms with van der Waals surface area (Å²) in [7, 11) is 1.79. The van der Waals surface area contributed by atoms with Gasteiger partial charge >= 0.3 is 0 Å². The molecule has 0 spiro atoms. The van der Waals surface area contributed by atoms with E-state index in [1.165, 1.54) is 25.8 Å². The zero-order chi connectivity index (χ0) is 11.1. The summed E-state index contributed by atoms with van der Waals surface area (Å²) >= 11 is 0. The number of likely N-dealkylation sites (tertiary alicyclic amines) is 1. The molecule has 1 saturated heterocycles. The summed E-state index contributed by atoms with van der Waals surface area (Å²) in [5.41, 5.74) is 0. The maximum Gasteiger partial charge on any atom is 0.129 e. The maximum atomic E-state index is 10.7. The van der Waals surface area contributed by atoms with E-state index in [0.29, 0.717) is 11.9 Å². The van der Waals surface area contributed by atoms with Crippen LogP contribution in [-0.2, 0) is 9.53 Å². The summed E-state index contributed by atoms with van der Waals surface area (Å²) < 4.78 is 5.31. The van der Waals surface area contributed by atoms with E-state index in [-0.39, 0.29) is 0 Å². The summed E-state index contributed by atoms with van der Waals surface area (Å²) in [6.07, 6.45) is 5.81. The van der Waals surface area contributed by atoms with Gasteiger partial charge in [0.1, 0.15) is 5.78 Å². The number of methoxy groups -OCH3 is 1. The third kappa shape index (κ3) is 5.28. The van der Waals surface area contributed by atoms with E-state index in [2.05, 4.69) is 4.90 Å². The van der Waals surface area contributed by atoms with Crippen LogP contribution in [-0.4, -0.2) is 43.5 Å². The SMILES string of the molecule is COC1CCN(CCCCCC(C)=O)C1. The van der Waals surface area contributed by atoms with Gasteiger partial charge in [-0.25, -0.2) is 0 Å². The zero-order valence-corrected chi connectivity index (χ0v) is 10.00. The van der Waals surface area contributed by atoms with Crippen molar-refractivity contribution in [3.8, 4) is 0 Å². The van der Waals surface area contributed by atoms with Crippen molar-refractivity contribution in [1.82, 2.24) is 4.90 Å². The van der Waals surface area contributed by atoms with E-state index in [0.717, 1.165) is 25.9 Å². The van der Waals surface area contributed by atoms with Gasteiger partial charge in [0.2, 0.25) is 0 Å². The standard InChI is InChI=1S/C12H23NO2/c1-11(14)6-4-3-5-8-13-9-7-12(10-13)15-2/h12H,3-10H2,1-2H3. The van der Waals surface area contributed by atoms with Gasteiger partial charge in [0, 0.05) is 26.6 Å². The average Bonchev–Trinajstić information content (AvgIpc) is 2.65. The van der Waals surface area contributed by atoms with E-state index in [1.807, 2.05) is 0 Å². The highest BCUT2D eigenvalue weighted by atomic mass is 16.5. The summed E-state index contributed by atoms with van der Waals surface area (Å²) in [4.78, 5) is 13.2. The number of ketones is 1. The molecule has 1 rings (SSSR count). The molecule has 1 heterocycles. The van der Waals surface area contributed by atoms with Gasteiger partial charge in [-0.1, -0.05) is 6.42 Å². The van der Waals surface area contributed by atoms with E-state index < -0.39 is 0 Å². The quantitative estimate of drug-likeness (QED) is 0.605. The number of nitrogens with zero attached hydrogens (tertiary/aromatic N) is 1. The van der Waals surface area contributed by atoms with Crippen molar-refractivity contribution in [2.24, 2.45) is 0 Å². The van der Waals surface area contributed by atoms with Gasteiger partial charge in [0.15, 0.2) is 0 Å². The van der Waals surface area contributed by atoms with Gasteiger partial charge in [0.05, 0.1) is 6.10 Å². The fraction of sp³-hybridized carbons (Fsp3) is 0.917. The van der Waals surface area contributed by atoms with Crippen LogP contribution in [0.3, 0.4) is 0 Å². The van der Waals surface area contributed by atoms with Crippen LogP contribution in [0.25, 0.3) is 0 Å². The molecule has 0 aromatic rings. The number of hydrogen-bond acceptors (Lipinski definition) is 3. The monoisotopic (exact) mass is 213 g/mol. The minimum absolute atomic E-state index is 0.315. The van der Waals surface area contributed by atoms with Gasteiger partial charge in [-0.2, -0.15) is 0 Å². The van der Waals surface area contributed by atoms with E-state index in [1.54, 1.807) is 14.0 Å². The van der Waals surface area contributed by atoms with Crippen molar-refractivity contribution < 1.29 is 9.53 Å². The van der Waals surface area contributed by atoms with Crippen LogP contribution in [0.1, 0.15) is 39.0 Å². The molecule has 0 aromatic carbocycles. The number of carbonyl (C=O) groups is 1. The third-order valence-corrected chi connectivity index (χ3v) is 3.07. The lowest BCUT2D eigenvalue weighted by molar-refractivity contribution is -0.117. The molecule has 1 unspecified atom stereocenters. The molecular formula is C12H23NO2. The van der Waals surface area contributed by atoms with Crippen molar-refractivity contribution in [3.63, 3.8) is 0 Å². The Morgan fingerprint density at radius 1 is 1.40 bits per heavy atom. The molecule has 3 heteroatoms. The molecule has 0 amide bonds. The van der Waals surface area contributed by atoms with Crippen LogP contribution in [0, 0.1) is 0 Å². The predicted molar refractivity (Wildman–Crippen MR) is 61.0 cm³/mol. The van der Waals surface area contributed by atoms with Crippen LogP contribution >= 0.6 is 0 Å². The Bertz CT molecular complexity index is 194. The normalized spacial score (nSPS) is 22.1. The molecular weight excluding hydrogens is 190 g/mol. The Balaban J connectivity index is 1.94. The van der Waals surface area contributed by atoms with Crippen LogP contribution in [0.15, 0.2) is 0 Å². The molecule has 88 valence electrons. The van der Waals surface area contributed by atoms with Crippen molar-refractivity contribution in [3.05, 3.63) is 0 Å². The van der Waals surface area contributed by atoms with Crippen molar-refractivity contribution in [1.29, 1.82) is 0 Å². The lowest BCUT2D eigenvalue weighted by atomic mass is 10.1. The fourth-order valence-electron chi connectivity index (χ4n) is 2.08. The Labute approximate surface area is 92.8 Å². The van der Waals surface area contributed by atoms with Crippen LogP contribution in [0.4, 0.5) is 0 Å². The summed E-state index contributed by atoms with van der Waals surface area (Å²) in [6, 6.07) is 0. The first-order chi connectivity index (χ1) is 7.22. The molecule has 0 N–H and O–H groups in total. The zero-order valence-electron chi connectivity index (χ0n) is 10.00. The van der Waals surface area contributed by atoms with Gasteiger partial charge < -0.3 is 14.4 Å². The van der Waals surface area contributed by atoms with Crippen LogP contribution < -0.4 is 0 Å². The molecule has 0 aromatic heterocycles. The van der Waals surface area contributed by atoms with Gasteiger partial charge in [0.25, 0.3) is 0 Å². The van der Waals surface area contributed by atoms with Crippen molar-refractivity contribution >= 4 is 5.78 Å². The Morgan fingerprint density at radius 3 is 2.80 bits per heavy atom. The summed E-state index contributed by atoms with van der Waals surface area (Å²) in [6.45, 7) is 5.09. The molecule has 15 heavy (non-hydrogen) atoms. The second kappa shape index (κ2) is 6.96. The van der Waals surface area contributed by atoms with Gasteiger partial charge in [-0.3, -0.25) is 0 Å². The molecule has 0 aliphatic carbocycles. The second-order valence-electron chi connectivity index (χ2n) is 4.46. The number of unbranched alkanes of at least 4 members (excludes halogenated alkanes) is 2. The largest absolute Gasteiger partial charge is 0.380 e. The van der Waals surface area contributed by atoms with Gasteiger partial charge in [-0.15, -0.1) is 0 Å². The average molecular weight is 213 g/mol. The first-order valence-electron chi connectivity index (χ1n) is 5.97. The first-order valence-corrected chi connectivity index (χ1v) is 5.97. The van der Waals surface area contributed by atoms with E-state index in [9.17, 15) is 4.79 Å². The fourth-order valence-corrected chi connectivity index (χ4v) is 2.08. The number of hydrogen-bond donors (Lipinski definition) is 0. The van der Waals surface area contributed by atoms with E-state index >= 15 is 0 Å². The molecule has 0 radical (unpaired) electrons. The molecule has 0 bridgehead atoms. The number of ether oxygens (including phenoxy) is 1. The lowest BCUT2D eigenvalue weighted by Gasteiger charge is -2.14. The molecule has 3 nitrogen and oxygen atoms in total. The first kappa shape index (κ1) is 12.7. The van der Waals surface area contributed by atoms with Crippen LogP contribution in [0.5, 0.6) is 0 Å². The minimum atomic E-state index is 0.315. The Morgan fingerprint density at radius 2 is 2.20 bits per heavy atom. The second-order valence-corrected chi connectivity index (χ2v) is 4.46. The molecule has 1 aliphatic heterocycles.